The number of carbonyl (C=O) groups is 3. The lowest BCUT2D eigenvalue weighted by Crippen LogP contribution is -2.30. The standard InChI is InChI=1S/C91H152O16P2/c1-4-7-10-13-16-19-22-25-28-31-33-35-37-38-39-40-41-42-43-44-45-46-48-50-51-54-56-59-62-65-68-71-74-77-89(94)101-80-86(92)81-103-108(97,98)104-82-87(93)83-105-109(99,100)106-85-88(107-91(96)79-76-73-70-67-64-61-58-53-30-27-24-21-18-15-12-9-6-3)84-102-90(95)78-75-72-69-66-63-60-57-55-52-49-47-36-34-32-29-26-23-20-17-14-11-8-5-2/h7,9-10,12,16-21,25-30,33-36,38-39,49,52,58,61,67,70,86-88,92-93H,4-6,8,11,13-15,22-24,31-32,37,40-48,50-51,53-57,59-60,62-66,68-69,71-85H2,1-3H3,(H,97,98)(H,99,100)/b10-7-,12-9-,19-16-,20-17-,21-18-,28-25-,29-26-,30-27-,35-33-,36-34-,39-38-,52-49-,61-58-,70-67-. The van der Waals surface area contributed by atoms with Crippen LogP contribution >= 0.6 is 15.6 Å². The third kappa shape index (κ3) is 83.7. The first-order chi connectivity index (χ1) is 53.2. The number of ether oxygens (including phenoxy) is 3. The van der Waals surface area contributed by atoms with Crippen molar-refractivity contribution in [3.8, 4) is 0 Å². The van der Waals surface area contributed by atoms with Crippen molar-refractivity contribution in [2.24, 2.45) is 0 Å². The summed E-state index contributed by atoms with van der Waals surface area (Å²) >= 11 is 0. The highest BCUT2D eigenvalue weighted by atomic mass is 31.2. The van der Waals surface area contributed by atoms with Crippen molar-refractivity contribution in [2.75, 3.05) is 39.6 Å². The number of rotatable bonds is 79. The Morgan fingerprint density at radius 3 is 0.798 bits per heavy atom. The molecule has 0 bridgehead atoms. The minimum Gasteiger partial charge on any atom is -0.463 e. The fourth-order valence-corrected chi connectivity index (χ4v) is 12.6. The fraction of sp³-hybridized carbons (Fsp3) is 0.659. The number of phosphoric ester groups is 2. The molecule has 0 aromatic heterocycles. The Bertz CT molecular complexity index is 2660. The highest BCUT2D eigenvalue weighted by Gasteiger charge is 2.29. The highest BCUT2D eigenvalue weighted by Crippen LogP contribution is 2.45. The molecule has 0 amide bonds. The molecule has 18 heteroatoms. The molecule has 0 radical (unpaired) electrons. The molecular weight excluding hydrogens is 1410 g/mol. The maximum atomic E-state index is 13.0. The fourth-order valence-electron chi connectivity index (χ4n) is 11.0. The molecule has 16 nitrogen and oxygen atoms in total. The van der Waals surface area contributed by atoms with Gasteiger partial charge in [0.2, 0.25) is 0 Å². The number of allylic oxidation sites excluding steroid dienone is 28. The lowest BCUT2D eigenvalue weighted by atomic mass is 10.0. The van der Waals surface area contributed by atoms with Crippen LogP contribution in [0.1, 0.15) is 329 Å². The zero-order valence-corrected chi connectivity index (χ0v) is 70.0. The zero-order chi connectivity index (χ0) is 79.4. The molecule has 4 N–H and O–H groups in total. The SMILES string of the molecule is CC/C=C\C/C=C\C/C=C\C/C=C\C/C=C\CCCCCCCCCCCCCCCCCCCC(=O)OCC(O)COP(=O)(O)OCC(O)COP(=O)(O)OCC(COC(=O)CCCCCCCCC/C=C\C/C=C\C/C=C\C/C=C\CCCCC)OC(=O)CCC/C=C\C/C=C\C/C=C\C/C=C\C/C=C\CC. The second-order valence-electron chi connectivity index (χ2n) is 27.9. The Kier molecular flexibility index (Phi) is 78.5. The number of hydrogen-bond donors (Lipinski definition) is 4. The van der Waals surface area contributed by atoms with Crippen LogP contribution in [0.4, 0.5) is 0 Å². The van der Waals surface area contributed by atoms with E-state index in [0.717, 1.165) is 148 Å². The molecule has 0 fully saturated rings. The Balaban J connectivity index is 4.54. The van der Waals surface area contributed by atoms with Gasteiger partial charge in [-0.1, -0.05) is 332 Å². The average Bonchev–Trinajstić information content (AvgIpc) is 0.901. The molecule has 0 saturated heterocycles. The number of phosphoric acid groups is 2. The summed E-state index contributed by atoms with van der Waals surface area (Å²) < 4.78 is 61.2. The largest absolute Gasteiger partial charge is 0.472 e. The van der Waals surface area contributed by atoms with E-state index < -0.39 is 91.5 Å². The van der Waals surface area contributed by atoms with Crippen LogP contribution < -0.4 is 0 Å². The summed E-state index contributed by atoms with van der Waals surface area (Å²) in [6, 6.07) is 0. The van der Waals surface area contributed by atoms with Crippen LogP contribution in [0.2, 0.25) is 0 Å². The molecule has 0 rings (SSSR count). The number of esters is 3. The Morgan fingerprint density at radius 1 is 0.266 bits per heavy atom. The molecule has 109 heavy (non-hydrogen) atoms. The van der Waals surface area contributed by atoms with Crippen LogP contribution in [0, 0.1) is 0 Å². The molecular formula is C91H152O16P2. The molecule has 622 valence electrons. The van der Waals surface area contributed by atoms with Gasteiger partial charge in [-0.3, -0.25) is 32.5 Å². The first-order valence-electron chi connectivity index (χ1n) is 42.4. The lowest BCUT2D eigenvalue weighted by Gasteiger charge is -2.21. The van der Waals surface area contributed by atoms with Gasteiger partial charge in [-0.05, 0) is 148 Å². The van der Waals surface area contributed by atoms with Crippen LogP contribution in [-0.4, -0.2) is 95.9 Å². The van der Waals surface area contributed by atoms with Gasteiger partial charge in [-0.15, -0.1) is 0 Å². The van der Waals surface area contributed by atoms with Gasteiger partial charge in [0, 0.05) is 19.3 Å². The van der Waals surface area contributed by atoms with E-state index >= 15 is 0 Å². The van der Waals surface area contributed by atoms with Crippen LogP contribution in [0.5, 0.6) is 0 Å². The summed E-state index contributed by atoms with van der Waals surface area (Å²) in [6.45, 7) is 2.35. The second-order valence-corrected chi connectivity index (χ2v) is 30.8. The molecule has 0 aromatic rings. The van der Waals surface area contributed by atoms with Gasteiger partial charge in [0.15, 0.2) is 6.10 Å². The average molecular weight is 1560 g/mol. The Labute approximate surface area is 662 Å². The first kappa shape index (κ1) is 104. The number of carbonyl (C=O) groups excluding carboxylic acids is 3. The maximum absolute atomic E-state index is 13.0. The van der Waals surface area contributed by atoms with E-state index in [0.29, 0.717) is 25.7 Å². The van der Waals surface area contributed by atoms with Crippen molar-refractivity contribution in [2.45, 2.75) is 347 Å². The molecule has 5 unspecified atom stereocenters. The zero-order valence-electron chi connectivity index (χ0n) is 68.2. The summed E-state index contributed by atoms with van der Waals surface area (Å²) in [7, 11) is -9.83. The van der Waals surface area contributed by atoms with E-state index in [4.69, 9.17) is 32.3 Å². The normalized spacial score (nSPS) is 14.7. The predicted octanol–water partition coefficient (Wildman–Crippen LogP) is 25.5. The molecule has 0 saturated carbocycles. The summed E-state index contributed by atoms with van der Waals surface area (Å²) in [6.07, 6.45) is 106. The van der Waals surface area contributed by atoms with Gasteiger partial charge in [0.25, 0.3) is 0 Å². The van der Waals surface area contributed by atoms with Crippen molar-refractivity contribution >= 4 is 33.6 Å². The van der Waals surface area contributed by atoms with Crippen LogP contribution in [0.15, 0.2) is 170 Å². The summed E-state index contributed by atoms with van der Waals surface area (Å²) in [5.41, 5.74) is 0. The Morgan fingerprint density at radius 2 is 0.495 bits per heavy atom. The van der Waals surface area contributed by atoms with Crippen molar-refractivity contribution in [3.63, 3.8) is 0 Å². The van der Waals surface area contributed by atoms with Crippen molar-refractivity contribution in [1.82, 2.24) is 0 Å². The topological polar surface area (TPSA) is 231 Å². The quantitative estimate of drug-likeness (QED) is 0.0146. The van der Waals surface area contributed by atoms with Crippen LogP contribution in [0.25, 0.3) is 0 Å². The Hall–Kier alpha value is -5.09. The molecule has 0 aromatic carbocycles. The maximum Gasteiger partial charge on any atom is 0.472 e. The van der Waals surface area contributed by atoms with E-state index in [1.54, 1.807) is 0 Å². The highest BCUT2D eigenvalue weighted by molar-refractivity contribution is 7.47. The minimum atomic E-state index is -4.96. The van der Waals surface area contributed by atoms with Crippen LogP contribution in [0.3, 0.4) is 0 Å². The van der Waals surface area contributed by atoms with Gasteiger partial charge in [0.05, 0.1) is 26.4 Å². The van der Waals surface area contributed by atoms with E-state index in [1.807, 2.05) is 12.2 Å². The summed E-state index contributed by atoms with van der Waals surface area (Å²) in [4.78, 5) is 58.7. The number of aliphatic hydroxyl groups excluding tert-OH is 2. The monoisotopic (exact) mass is 1560 g/mol. The van der Waals surface area contributed by atoms with E-state index in [1.165, 1.54) is 116 Å². The number of unbranched alkanes of at least 4 members (excludes halogenated alkanes) is 28. The van der Waals surface area contributed by atoms with Gasteiger partial charge in [0.1, 0.15) is 25.4 Å². The molecule has 0 aliphatic heterocycles. The third-order valence-electron chi connectivity index (χ3n) is 17.4. The summed E-state index contributed by atoms with van der Waals surface area (Å²) in [5.74, 6) is -1.66. The molecule has 0 spiro atoms. The van der Waals surface area contributed by atoms with E-state index in [9.17, 15) is 43.5 Å². The first-order valence-corrected chi connectivity index (χ1v) is 45.4. The summed E-state index contributed by atoms with van der Waals surface area (Å²) in [5, 5.41) is 20.7. The second kappa shape index (κ2) is 82.4. The molecule has 0 aliphatic rings. The smallest absolute Gasteiger partial charge is 0.463 e. The van der Waals surface area contributed by atoms with Crippen molar-refractivity contribution < 1.29 is 75.8 Å². The lowest BCUT2D eigenvalue weighted by molar-refractivity contribution is -0.161. The third-order valence-corrected chi connectivity index (χ3v) is 19.3. The molecule has 0 heterocycles. The van der Waals surface area contributed by atoms with Crippen molar-refractivity contribution in [1.29, 1.82) is 0 Å². The number of aliphatic hydroxyl groups is 2. The minimum absolute atomic E-state index is 0.0188. The van der Waals surface area contributed by atoms with Crippen molar-refractivity contribution in [3.05, 3.63) is 170 Å². The number of hydrogen-bond acceptors (Lipinski definition) is 14. The van der Waals surface area contributed by atoms with Gasteiger partial charge < -0.3 is 34.2 Å². The van der Waals surface area contributed by atoms with Gasteiger partial charge in [-0.25, -0.2) is 9.13 Å². The molecule has 0 aliphatic carbocycles. The van der Waals surface area contributed by atoms with Gasteiger partial charge in [-0.2, -0.15) is 0 Å². The molecule has 5 atom stereocenters. The predicted molar refractivity (Wildman–Crippen MR) is 454 cm³/mol. The van der Waals surface area contributed by atoms with E-state index in [2.05, 4.69) is 179 Å². The van der Waals surface area contributed by atoms with E-state index in [-0.39, 0.29) is 19.3 Å². The van der Waals surface area contributed by atoms with Crippen LogP contribution in [-0.2, 0) is 55.8 Å². The van der Waals surface area contributed by atoms with Gasteiger partial charge >= 0.3 is 33.6 Å².